The summed E-state index contributed by atoms with van der Waals surface area (Å²) >= 11 is 0. The summed E-state index contributed by atoms with van der Waals surface area (Å²) in [7, 11) is 0. The Bertz CT molecular complexity index is 699. The first-order chi connectivity index (χ1) is 12.0. The van der Waals surface area contributed by atoms with Crippen molar-refractivity contribution in [3.05, 3.63) is 71.3 Å². The second-order valence-corrected chi connectivity index (χ2v) is 6.11. The summed E-state index contributed by atoms with van der Waals surface area (Å²) in [4.78, 5) is 23.8. The SMILES string of the molecule is CC[C@H](C)NC(=O)c1ccc(CN[C@H](C(N)=O)c2ccccc2)cc1. The van der Waals surface area contributed by atoms with Crippen molar-refractivity contribution in [1.29, 1.82) is 0 Å². The maximum atomic E-state index is 12.1. The van der Waals surface area contributed by atoms with Gasteiger partial charge in [0.2, 0.25) is 5.91 Å². The normalized spacial score (nSPS) is 13.0. The Morgan fingerprint density at radius 1 is 1.04 bits per heavy atom. The van der Waals surface area contributed by atoms with E-state index < -0.39 is 11.9 Å². The number of carbonyl (C=O) groups excluding carboxylic acids is 2. The summed E-state index contributed by atoms with van der Waals surface area (Å²) in [5.41, 5.74) is 7.93. The number of hydrogen-bond donors (Lipinski definition) is 3. The molecule has 0 heterocycles. The molecule has 5 nitrogen and oxygen atoms in total. The number of nitrogens with one attached hydrogen (secondary N) is 2. The van der Waals surface area contributed by atoms with Crippen molar-refractivity contribution in [2.24, 2.45) is 5.73 Å². The molecule has 2 amide bonds. The van der Waals surface area contributed by atoms with Crippen LogP contribution in [-0.2, 0) is 11.3 Å². The zero-order valence-corrected chi connectivity index (χ0v) is 14.7. The van der Waals surface area contributed by atoms with Crippen LogP contribution in [0, 0.1) is 0 Å². The van der Waals surface area contributed by atoms with E-state index in [-0.39, 0.29) is 11.9 Å². The number of rotatable bonds is 8. The predicted molar refractivity (Wildman–Crippen MR) is 98.9 cm³/mol. The summed E-state index contributed by atoms with van der Waals surface area (Å²) < 4.78 is 0. The zero-order chi connectivity index (χ0) is 18.2. The molecule has 2 aromatic carbocycles. The van der Waals surface area contributed by atoms with Crippen molar-refractivity contribution in [1.82, 2.24) is 10.6 Å². The number of benzene rings is 2. The second kappa shape index (κ2) is 8.99. The van der Waals surface area contributed by atoms with E-state index in [9.17, 15) is 9.59 Å². The molecule has 0 aliphatic rings. The van der Waals surface area contributed by atoms with Crippen molar-refractivity contribution >= 4 is 11.8 Å². The van der Waals surface area contributed by atoms with Gasteiger partial charge in [-0.25, -0.2) is 0 Å². The quantitative estimate of drug-likeness (QED) is 0.691. The smallest absolute Gasteiger partial charge is 0.251 e. The van der Waals surface area contributed by atoms with Gasteiger partial charge in [0.05, 0.1) is 0 Å². The zero-order valence-electron chi connectivity index (χ0n) is 14.7. The minimum Gasteiger partial charge on any atom is -0.368 e. The van der Waals surface area contributed by atoms with Gasteiger partial charge in [0, 0.05) is 18.2 Å². The first-order valence-corrected chi connectivity index (χ1v) is 8.48. The van der Waals surface area contributed by atoms with Crippen molar-refractivity contribution in [3.8, 4) is 0 Å². The minimum absolute atomic E-state index is 0.0758. The largest absolute Gasteiger partial charge is 0.368 e. The van der Waals surface area contributed by atoms with Gasteiger partial charge < -0.3 is 11.1 Å². The fourth-order valence-corrected chi connectivity index (χ4v) is 2.43. The molecule has 2 rings (SSSR count). The van der Waals surface area contributed by atoms with E-state index in [0.29, 0.717) is 12.1 Å². The van der Waals surface area contributed by atoms with Gasteiger partial charge in [-0.05, 0) is 36.6 Å². The third-order valence-corrected chi connectivity index (χ3v) is 4.13. The molecule has 0 saturated carbocycles. The van der Waals surface area contributed by atoms with Crippen molar-refractivity contribution in [3.63, 3.8) is 0 Å². The van der Waals surface area contributed by atoms with Crippen molar-refractivity contribution < 1.29 is 9.59 Å². The highest BCUT2D eigenvalue weighted by atomic mass is 16.2. The lowest BCUT2D eigenvalue weighted by molar-refractivity contribution is -0.120. The minimum atomic E-state index is -0.547. The van der Waals surface area contributed by atoms with Gasteiger partial charge in [-0.1, -0.05) is 49.4 Å². The van der Waals surface area contributed by atoms with Gasteiger partial charge in [-0.2, -0.15) is 0 Å². The fraction of sp³-hybridized carbons (Fsp3) is 0.300. The van der Waals surface area contributed by atoms with E-state index in [1.54, 1.807) is 12.1 Å². The maximum absolute atomic E-state index is 12.1. The monoisotopic (exact) mass is 339 g/mol. The Labute approximate surface area is 148 Å². The van der Waals surface area contributed by atoms with E-state index in [2.05, 4.69) is 10.6 Å². The highest BCUT2D eigenvalue weighted by molar-refractivity contribution is 5.94. The molecule has 0 bridgehead atoms. The molecule has 0 aliphatic carbocycles. The van der Waals surface area contributed by atoms with Crippen LogP contribution in [0.4, 0.5) is 0 Å². The predicted octanol–water partition coefficient (Wildman–Crippen LogP) is 2.53. The van der Waals surface area contributed by atoms with Crippen LogP contribution < -0.4 is 16.4 Å². The molecule has 25 heavy (non-hydrogen) atoms. The summed E-state index contributed by atoms with van der Waals surface area (Å²) in [6, 6.07) is 16.3. The molecule has 132 valence electrons. The number of amides is 2. The van der Waals surface area contributed by atoms with Gasteiger partial charge in [-0.15, -0.1) is 0 Å². The van der Waals surface area contributed by atoms with Crippen LogP contribution in [0.5, 0.6) is 0 Å². The lowest BCUT2D eigenvalue weighted by Crippen LogP contribution is -2.33. The van der Waals surface area contributed by atoms with E-state index in [1.165, 1.54) is 0 Å². The first kappa shape index (κ1) is 18.7. The van der Waals surface area contributed by atoms with Crippen molar-refractivity contribution in [2.75, 3.05) is 0 Å². The van der Waals surface area contributed by atoms with Gasteiger partial charge in [-0.3, -0.25) is 14.9 Å². The Balaban J connectivity index is 1.98. The van der Waals surface area contributed by atoms with E-state index in [1.807, 2.05) is 56.3 Å². The van der Waals surface area contributed by atoms with Gasteiger partial charge in [0.25, 0.3) is 5.91 Å². The topological polar surface area (TPSA) is 84.2 Å². The van der Waals surface area contributed by atoms with Crippen LogP contribution in [0.25, 0.3) is 0 Å². The number of carbonyl (C=O) groups is 2. The Morgan fingerprint density at radius 3 is 2.24 bits per heavy atom. The fourth-order valence-electron chi connectivity index (χ4n) is 2.43. The number of hydrogen-bond acceptors (Lipinski definition) is 3. The molecule has 0 saturated heterocycles. The highest BCUT2D eigenvalue weighted by Crippen LogP contribution is 2.13. The third-order valence-electron chi connectivity index (χ3n) is 4.13. The second-order valence-electron chi connectivity index (χ2n) is 6.11. The molecule has 0 fully saturated rings. The summed E-state index contributed by atoms with van der Waals surface area (Å²) in [5.74, 6) is -0.496. The third kappa shape index (κ3) is 5.43. The van der Waals surface area contributed by atoms with E-state index in [0.717, 1.165) is 17.5 Å². The van der Waals surface area contributed by atoms with Gasteiger partial charge in [0.15, 0.2) is 0 Å². The standard InChI is InChI=1S/C20H25N3O2/c1-3-14(2)23-20(25)17-11-9-15(10-12-17)13-22-18(19(21)24)16-7-5-4-6-8-16/h4-12,14,18,22H,3,13H2,1-2H3,(H2,21,24)(H,23,25)/t14-,18-/m0/s1. The van der Waals surface area contributed by atoms with E-state index >= 15 is 0 Å². The molecular formula is C20H25N3O2. The van der Waals surface area contributed by atoms with Crippen LogP contribution in [0.15, 0.2) is 54.6 Å². The summed E-state index contributed by atoms with van der Waals surface area (Å²) in [6.45, 7) is 4.49. The Morgan fingerprint density at radius 2 is 1.68 bits per heavy atom. The van der Waals surface area contributed by atoms with Crippen LogP contribution in [0.2, 0.25) is 0 Å². The molecule has 4 N–H and O–H groups in total. The van der Waals surface area contributed by atoms with Crippen molar-refractivity contribution in [2.45, 2.75) is 38.9 Å². The lowest BCUT2D eigenvalue weighted by Gasteiger charge is -2.16. The molecule has 0 unspecified atom stereocenters. The molecular weight excluding hydrogens is 314 g/mol. The molecule has 2 aromatic rings. The Hall–Kier alpha value is -2.66. The first-order valence-electron chi connectivity index (χ1n) is 8.48. The summed E-state index contributed by atoms with van der Waals surface area (Å²) in [6.07, 6.45) is 0.891. The molecule has 5 heteroatoms. The molecule has 0 aliphatic heterocycles. The summed E-state index contributed by atoms with van der Waals surface area (Å²) in [5, 5.41) is 6.10. The van der Waals surface area contributed by atoms with E-state index in [4.69, 9.17) is 5.73 Å². The van der Waals surface area contributed by atoms with Gasteiger partial charge in [0.1, 0.15) is 6.04 Å². The van der Waals surface area contributed by atoms with Crippen LogP contribution in [0.3, 0.4) is 0 Å². The van der Waals surface area contributed by atoms with Crippen LogP contribution in [-0.4, -0.2) is 17.9 Å². The highest BCUT2D eigenvalue weighted by Gasteiger charge is 2.16. The lowest BCUT2D eigenvalue weighted by atomic mass is 10.1. The molecule has 0 spiro atoms. The number of nitrogens with two attached hydrogens (primary N) is 1. The molecule has 0 radical (unpaired) electrons. The van der Waals surface area contributed by atoms with Crippen LogP contribution in [0.1, 0.15) is 47.8 Å². The number of primary amides is 1. The molecule has 2 atom stereocenters. The van der Waals surface area contributed by atoms with Crippen LogP contribution >= 0.6 is 0 Å². The maximum Gasteiger partial charge on any atom is 0.251 e. The average molecular weight is 339 g/mol. The average Bonchev–Trinajstić information content (AvgIpc) is 2.62. The Kier molecular flexibility index (Phi) is 6.71. The molecule has 0 aromatic heterocycles. The van der Waals surface area contributed by atoms with Gasteiger partial charge >= 0.3 is 0 Å².